The first-order chi connectivity index (χ1) is 13.2. The lowest BCUT2D eigenvalue weighted by Crippen LogP contribution is -2.36. The maximum absolute atomic E-state index is 12.7. The number of anilines is 2. The van der Waals surface area contributed by atoms with E-state index in [1.807, 2.05) is 24.3 Å². The Morgan fingerprint density at radius 1 is 1.15 bits per heavy atom. The summed E-state index contributed by atoms with van der Waals surface area (Å²) >= 11 is 0. The molecule has 0 atom stereocenters. The van der Waals surface area contributed by atoms with Gasteiger partial charge in [-0.3, -0.25) is 14.6 Å². The van der Waals surface area contributed by atoms with E-state index in [4.69, 9.17) is 4.74 Å². The molecule has 27 heavy (non-hydrogen) atoms. The van der Waals surface area contributed by atoms with Gasteiger partial charge in [0.15, 0.2) is 0 Å². The van der Waals surface area contributed by atoms with Gasteiger partial charge in [0, 0.05) is 32.0 Å². The molecular weight excluding hydrogens is 344 g/mol. The number of morpholine rings is 1. The SMILES string of the molecule is C=CCNC(=O)c1cncc(C(=O)Nc2ccccc2N2CCOCC2)c1. The van der Waals surface area contributed by atoms with Crippen LogP contribution in [0.5, 0.6) is 0 Å². The second kappa shape index (κ2) is 8.95. The molecule has 0 radical (unpaired) electrons. The number of hydrogen-bond donors (Lipinski definition) is 2. The third-order valence-electron chi connectivity index (χ3n) is 4.17. The average Bonchev–Trinajstić information content (AvgIpc) is 2.73. The second-order valence-corrected chi connectivity index (χ2v) is 6.03. The van der Waals surface area contributed by atoms with Gasteiger partial charge in [0.05, 0.1) is 35.7 Å². The highest BCUT2D eigenvalue weighted by atomic mass is 16.5. The van der Waals surface area contributed by atoms with Crippen LogP contribution >= 0.6 is 0 Å². The van der Waals surface area contributed by atoms with Crippen LogP contribution in [0, 0.1) is 0 Å². The van der Waals surface area contributed by atoms with Gasteiger partial charge in [-0.1, -0.05) is 18.2 Å². The Morgan fingerprint density at radius 2 is 1.85 bits per heavy atom. The molecule has 0 spiro atoms. The van der Waals surface area contributed by atoms with E-state index in [-0.39, 0.29) is 11.8 Å². The van der Waals surface area contributed by atoms with Crippen molar-refractivity contribution in [3.63, 3.8) is 0 Å². The van der Waals surface area contributed by atoms with Crippen LogP contribution in [0.4, 0.5) is 11.4 Å². The quantitative estimate of drug-likeness (QED) is 0.765. The smallest absolute Gasteiger partial charge is 0.257 e. The van der Waals surface area contributed by atoms with E-state index in [1.165, 1.54) is 18.5 Å². The summed E-state index contributed by atoms with van der Waals surface area (Å²) in [6, 6.07) is 9.16. The molecule has 0 saturated carbocycles. The summed E-state index contributed by atoms with van der Waals surface area (Å²) in [6.45, 7) is 6.77. The standard InChI is InChI=1S/C20H22N4O3/c1-2-7-22-19(25)15-12-16(14-21-13-15)20(26)23-17-5-3-4-6-18(17)24-8-10-27-11-9-24/h2-6,12-14H,1,7-11H2,(H,22,25)(H,23,26). The fourth-order valence-corrected chi connectivity index (χ4v) is 2.81. The number of pyridine rings is 1. The minimum absolute atomic E-state index is 0.300. The van der Waals surface area contributed by atoms with Gasteiger partial charge in [0.1, 0.15) is 0 Å². The Labute approximate surface area is 158 Å². The third-order valence-corrected chi connectivity index (χ3v) is 4.17. The number of amides is 2. The molecule has 2 aromatic rings. The Bertz CT molecular complexity index is 831. The van der Waals surface area contributed by atoms with Crippen LogP contribution in [-0.4, -0.2) is 49.6 Å². The first-order valence-electron chi connectivity index (χ1n) is 8.76. The molecule has 3 rings (SSSR count). The molecule has 1 aromatic carbocycles. The zero-order valence-electron chi connectivity index (χ0n) is 15.0. The van der Waals surface area contributed by atoms with Gasteiger partial charge >= 0.3 is 0 Å². The number of nitrogens with zero attached hydrogens (tertiary/aromatic N) is 2. The summed E-state index contributed by atoms with van der Waals surface area (Å²) in [5.41, 5.74) is 2.30. The summed E-state index contributed by atoms with van der Waals surface area (Å²) in [7, 11) is 0. The van der Waals surface area contributed by atoms with Gasteiger partial charge < -0.3 is 20.3 Å². The number of nitrogens with one attached hydrogen (secondary N) is 2. The monoisotopic (exact) mass is 366 g/mol. The van der Waals surface area contributed by atoms with Gasteiger partial charge in [-0.25, -0.2) is 0 Å². The summed E-state index contributed by atoms with van der Waals surface area (Å²) < 4.78 is 5.39. The summed E-state index contributed by atoms with van der Waals surface area (Å²) in [5.74, 6) is -0.618. The minimum Gasteiger partial charge on any atom is -0.378 e. The predicted molar refractivity (Wildman–Crippen MR) is 104 cm³/mol. The summed E-state index contributed by atoms with van der Waals surface area (Å²) in [4.78, 5) is 30.9. The fraction of sp³-hybridized carbons (Fsp3) is 0.250. The molecule has 1 aliphatic rings. The predicted octanol–water partition coefficient (Wildman–Crippen LogP) is 2.09. The van der Waals surface area contributed by atoms with Crippen molar-refractivity contribution in [2.45, 2.75) is 0 Å². The summed E-state index contributed by atoms with van der Waals surface area (Å²) in [5, 5.41) is 5.59. The van der Waals surface area contributed by atoms with Gasteiger partial charge in [-0.05, 0) is 18.2 Å². The van der Waals surface area contributed by atoms with Crippen LogP contribution in [0.15, 0.2) is 55.4 Å². The molecule has 1 aromatic heterocycles. The lowest BCUT2D eigenvalue weighted by molar-refractivity contribution is 0.0957. The van der Waals surface area contributed by atoms with Crippen molar-refractivity contribution in [2.24, 2.45) is 0 Å². The van der Waals surface area contributed by atoms with E-state index >= 15 is 0 Å². The number of benzene rings is 1. The van der Waals surface area contributed by atoms with Crippen molar-refractivity contribution in [3.8, 4) is 0 Å². The zero-order valence-corrected chi connectivity index (χ0v) is 15.0. The van der Waals surface area contributed by atoms with Crippen molar-refractivity contribution in [2.75, 3.05) is 43.1 Å². The number of hydrogen-bond acceptors (Lipinski definition) is 5. The topological polar surface area (TPSA) is 83.6 Å². The second-order valence-electron chi connectivity index (χ2n) is 6.03. The lowest BCUT2D eigenvalue weighted by Gasteiger charge is -2.30. The highest BCUT2D eigenvalue weighted by Gasteiger charge is 2.17. The van der Waals surface area contributed by atoms with Gasteiger partial charge in [-0.2, -0.15) is 0 Å². The number of ether oxygens (including phenoxy) is 1. The molecule has 0 unspecified atom stereocenters. The van der Waals surface area contributed by atoms with Gasteiger partial charge in [-0.15, -0.1) is 6.58 Å². The van der Waals surface area contributed by atoms with Crippen LogP contribution in [0.25, 0.3) is 0 Å². The van der Waals surface area contributed by atoms with Crippen molar-refractivity contribution < 1.29 is 14.3 Å². The maximum atomic E-state index is 12.7. The number of para-hydroxylation sites is 2. The van der Waals surface area contributed by atoms with E-state index in [1.54, 1.807) is 6.08 Å². The molecule has 1 aliphatic heterocycles. The largest absolute Gasteiger partial charge is 0.378 e. The van der Waals surface area contributed by atoms with Crippen LogP contribution in [0.1, 0.15) is 20.7 Å². The van der Waals surface area contributed by atoms with Crippen LogP contribution in [0.3, 0.4) is 0 Å². The molecular formula is C20H22N4O3. The molecule has 1 saturated heterocycles. The molecule has 7 heteroatoms. The van der Waals surface area contributed by atoms with Crippen LogP contribution in [-0.2, 0) is 4.74 Å². The van der Waals surface area contributed by atoms with Crippen molar-refractivity contribution in [1.82, 2.24) is 10.3 Å². The van der Waals surface area contributed by atoms with Gasteiger partial charge in [0.2, 0.25) is 0 Å². The number of carbonyl (C=O) groups excluding carboxylic acids is 2. The molecule has 2 heterocycles. The van der Waals surface area contributed by atoms with Crippen molar-refractivity contribution in [1.29, 1.82) is 0 Å². The first-order valence-corrected chi connectivity index (χ1v) is 8.76. The van der Waals surface area contributed by atoms with Crippen molar-refractivity contribution in [3.05, 3.63) is 66.5 Å². The van der Waals surface area contributed by atoms with Gasteiger partial charge in [0.25, 0.3) is 11.8 Å². The zero-order chi connectivity index (χ0) is 19.1. The van der Waals surface area contributed by atoms with E-state index in [0.29, 0.717) is 36.6 Å². The number of carbonyl (C=O) groups is 2. The Morgan fingerprint density at radius 3 is 2.59 bits per heavy atom. The average molecular weight is 366 g/mol. The normalized spacial score (nSPS) is 13.7. The molecule has 0 bridgehead atoms. The third kappa shape index (κ3) is 4.71. The van der Waals surface area contributed by atoms with E-state index in [9.17, 15) is 9.59 Å². The Hall–Kier alpha value is -3.19. The molecule has 140 valence electrons. The fourth-order valence-electron chi connectivity index (χ4n) is 2.81. The molecule has 0 aliphatic carbocycles. The van der Waals surface area contributed by atoms with Crippen LogP contribution in [0.2, 0.25) is 0 Å². The Balaban J connectivity index is 1.76. The highest BCUT2D eigenvalue weighted by molar-refractivity contribution is 6.07. The van der Waals surface area contributed by atoms with E-state index < -0.39 is 0 Å². The number of aromatic nitrogens is 1. The minimum atomic E-state index is -0.318. The molecule has 1 fully saturated rings. The highest BCUT2D eigenvalue weighted by Crippen LogP contribution is 2.26. The van der Waals surface area contributed by atoms with E-state index in [0.717, 1.165) is 18.8 Å². The lowest BCUT2D eigenvalue weighted by atomic mass is 10.1. The molecule has 7 nitrogen and oxygen atoms in total. The maximum Gasteiger partial charge on any atom is 0.257 e. The van der Waals surface area contributed by atoms with Crippen molar-refractivity contribution >= 4 is 23.2 Å². The Kier molecular flexibility index (Phi) is 6.17. The number of rotatable bonds is 6. The first kappa shape index (κ1) is 18.6. The van der Waals surface area contributed by atoms with Crippen LogP contribution < -0.4 is 15.5 Å². The summed E-state index contributed by atoms with van der Waals surface area (Å²) in [6.07, 6.45) is 4.46. The molecule has 2 N–H and O–H groups in total. The van der Waals surface area contributed by atoms with E-state index in [2.05, 4.69) is 27.1 Å². The molecule has 2 amide bonds.